The minimum Gasteiger partial charge on any atom is -0.497 e. The van der Waals surface area contributed by atoms with E-state index in [9.17, 15) is 19.6 Å². The Morgan fingerprint density at radius 2 is 1.87 bits per heavy atom. The second-order valence-electron chi connectivity index (χ2n) is 9.32. The molecular formula is C27H29N5O7. The minimum absolute atomic E-state index is 0.0881. The molecule has 12 heteroatoms. The third-order valence-corrected chi connectivity index (χ3v) is 6.87. The summed E-state index contributed by atoms with van der Waals surface area (Å²) in [6.07, 6.45) is 0.932. The molecule has 3 aliphatic heterocycles. The number of nitrogens with one attached hydrogen (secondary N) is 2. The number of benzene rings is 2. The molecule has 39 heavy (non-hydrogen) atoms. The van der Waals surface area contributed by atoms with Gasteiger partial charge < -0.3 is 34.2 Å². The monoisotopic (exact) mass is 535 g/mol. The van der Waals surface area contributed by atoms with Gasteiger partial charge >= 0.3 is 6.03 Å². The summed E-state index contributed by atoms with van der Waals surface area (Å²) in [6.45, 7) is 3.24. The number of ether oxygens (including phenoxy) is 2. The lowest BCUT2D eigenvalue weighted by molar-refractivity contribution is -0.120. The molecule has 2 saturated heterocycles. The van der Waals surface area contributed by atoms with Crippen LogP contribution in [0.2, 0.25) is 0 Å². The van der Waals surface area contributed by atoms with Crippen molar-refractivity contribution in [3.63, 3.8) is 0 Å². The number of amidine groups is 1. The summed E-state index contributed by atoms with van der Waals surface area (Å²) in [4.78, 5) is 38.5. The van der Waals surface area contributed by atoms with E-state index < -0.39 is 18.0 Å². The first-order valence-electron chi connectivity index (χ1n) is 12.5. The largest absolute Gasteiger partial charge is 0.497 e. The fourth-order valence-corrected chi connectivity index (χ4v) is 4.74. The third kappa shape index (κ3) is 5.36. The SMILES string of the molecule is COc1ccc2c(c1)C(=O)N(C)CC2.O=C1NC(=O)C(c2cc3cc(/C(=N/O)N4CCOCC4)ccc3o2)N1. The Labute approximate surface area is 224 Å². The van der Waals surface area contributed by atoms with Crippen molar-refractivity contribution in [2.45, 2.75) is 12.5 Å². The number of hydrogen-bond donors (Lipinski definition) is 3. The molecule has 2 fully saturated rings. The number of rotatable bonds is 3. The average molecular weight is 536 g/mol. The number of carbonyl (C=O) groups is 3. The zero-order chi connectivity index (χ0) is 27.5. The number of methoxy groups -OCH3 is 1. The second-order valence-corrected chi connectivity index (χ2v) is 9.32. The van der Waals surface area contributed by atoms with E-state index in [0.29, 0.717) is 43.5 Å². The number of furan rings is 1. The average Bonchev–Trinajstić information content (AvgIpc) is 3.53. The first-order chi connectivity index (χ1) is 18.9. The van der Waals surface area contributed by atoms with Crippen molar-refractivity contribution in [1.82, 2.24) is 20.4 Å². The second kappa shape index (κ2) is 11.0. The van der Waals surface area contributed by atoms with Gasteiger partial charge in [-0.15, -0.1) is 0 Å². The number of morpholine rings is 1. The normalized spacial score (nSPS) is 19.3. The number of likely N-dealkylation sites (N-methyl/N-ethyl adjacent to an activating group) is 1. The van der Waals surface area contributed by atoms with Crippen molar-refractivity contribution in [1.29, 1.82) is 0 Å². The van der Waals surface area contributed by atoms with Crippen LogP contribution in [0.5, 0.6) is 5.75 Å². The Balaban J connectivity index is 0.000000186. The van der Waals surface area contributed by atoms with Crippen LogP contribution in [0.15, 0.2) is 52.0 Å². The van der Waals surface area contributed by atoms with Crippen LogP contribution in [0.1, 0.15) is 33.3 Å². The lowest BCUT2D eigenvalue weighted by atomic mass is 9.99. The molecular weight excluding hydrogens is 506 g/mol. The van der Waals surface area contributed by atoms with E-state index in [1.807, 2.05) is 36.2 Å². The zero-order valence-corrected chi connectivity index (χ0v) is 21.6. The summed E-state index contributed by atoms with van der Waals surface area (Å²) in [6, 6.07) is 11.3. The number of amides is 4. The number of imide groups is 1. The predicted molar refractivity (Wildman–Crippen MR) is 140 cm³/mol. The summed E-state index contributed by atoms with van der Waals surface area (Å²) >= 11 is 0. The number of nitrogens with zero attached hydrogens (tertiary/aromatic N) is 3. The van der Waals surface area contributed by atoms with Crippen LogP contribution in [0.4, 0.5) is 4.79 Å². The molecule has 0 saturated carbocycles. The molecule has 3 aliphatic rings. The number of oxime groups is 1. The first-order valence-corrected chi connectivity index (χ1v) is 12.5. The molecule has 0 bridgehead atoms. The van der Waals surface area contributed by atoms with Crippen molar-refractivity contribution in [2.24, 2.45) is 5.16 Å². The number of fused-ring (bicyclic) bond motifs is 2. The Morgan fingerprint density at radius 3 is 2.56 bits per heavy atom. The fraction of sp³-hybridized carbons (Fsp3) is 0.333. The van der Waals surface area contributed by atoms with Crippen molar-refractivity contribution in [3.05, 3.63) is 64.9 Å². The molecule has 0 spiro atoms. The van der Waals surface area contributed by atoms with E-state index >= 15 is 0 Å². The summed E-state index contributed by atoms with van der Waals surface area (Å²) in [5, 5.41) is 18.3. The van der Waals surface area contributed by atoms with Gasteiger partial charge in [0.15, 0.2) is 11.9 Å². The quantitative estimate of drug-likeness (QED) is 0.152. The smallest absolute Gasteiger partial charge is 0.322 e. The van der Waals surface area contributed by atoms with Gasteiger partial charge in [-0.05, 0) is 48.4 Å². The maximum Gasteiger partial charge on any atom is 0.322 e. The molecule has 1 aromatic heterocycles. The van der Waals surface area contributed by atoms with Crippen molar-refractivity contribution in [2.75, 3.05) is 47.0 Å². The van der Waals surface area contributed by atoms with E-state index in [4.69, 9.17) is 13.9 Å². The van der Waals surface area contributed by atoms with Crippen LogP contribution in [0, 0.1) is 0 Å². The van der Waals surface area contributed by atoms with Gasteiger partial charge in [0, 0.05) is 43.2 Å². The third-order valence-electron chi connectivity index (χ3n) is 6.87. The molecule has 204 valence electrons. The van der Waals surface area contributed by atoms with Gasteiger partial charge in [-0.2, -0.15) is 0 Å². The van der Waals surface area contributed by atoms with Gasteiger partial charge in [0.2, 0.25) is 0 Å². The molecule has 12 nitrogen and oxygen atoms in total. The van der Waals surface area contributed by atoms with Gasteiger partial charge in [0.05, 0.1) is 20.3 Å². The molecule has 6 rings (SSSR count). The minimum atomic E-state index is -0.839. The van der Waals surface area contributed by atoms with Gasteiger partial charge in [-0.25, -0.2) is 4.79 Å². The molecule has 1 atom stereocenters. The van der Waals surface area contributed by atoms with E-state index in [2.05, 4.69) is 15.8 Å². The molecule has 3 aromatic rings. The highest BCUT2D eigenvalue weighted by Crippen LogP contribution is 2.27. The summed E-state index contributed by atoms with van der Waals surface area (Å²) < 4.78 is 16.1. The van der Waals surface area contributed by atoms with Crippen LogP contribution in [0.25, 0.3) is 11.0 Å². The molecule has 0 aliphatic carbocycles. The van der Waals surface area contributed by atoms with Crippen molar-refractivity contribution >= 4 is 34.7 Å². The highest BCUT2D eigenvalue weighted by molar-refractivity contribution is 6.05. The Kier molecular flexibility index (Phi) is 7.37. The predicted octanol–water partition coefficient (Wildman–Crippen LogP) is 2.10. The van der Waals surface area contributed by atoms with Gasteiger partial charge in [-0.1, -0.05) is 11.2 Å². The zero-order valence-electron chi connectivity index (χ0n) is 21.6. The number of hydrogen-bond acceptors (Lipinski definition) is 8. The first kappa shape index (κ1) is 26.0. The van der Waals surface area contributed by atoms with Gasteiger partial charge in [-0.3, -0.25) is 14.9 Å². The Bertz CT molecular complexity index is 1440. The van der Waals surface area contributed by atoms with Crippen molar-refractivity contribution in [3.8, 4) is 5.75 Å². The number of urea groups is 1. The standard InChI is InChI=1S/C16H16N4O5.C11H13NO2/c21-15-13(17-16(22)18-15)12-8-10-7-9(1-2-11(10)25-12)14(19-23)20-3-5-24-6-4-20;1-12-6-5-8-3-4-9(14-2)7-10(8)11(12)13/h1-2,7-8,13,23H,3-6H2,(H2,17,18,21,22);3-4,7H,5-6H2,1-2H3/b19-14-;. The van der Waals surface area contributed by atoms with Gasteiger partial charge in [0.25, 0.3) is 11.8 Å². The topological polar surface area (TPSA) is 146 Å². The van der Waals surface area contributed by atoms with E-state index in [0.717, 1.165) is 40.8 Å². The van der Waals surface area contributed by atoms with Crippen LogP contribution >= 0.6 is 0 Å². The summed E-state index contributed by atoms with van der Waals surface area (Å²) in [7, 11) is 3.43. The van der Waals surface area contributed by atoms with Crippen LogP contribution in [0.3, 0.4) is 0 Å². The Morgan fingerprint density at radius 1 is 1.08 bits per heavy atom. The van der Waals surface area contributed by atoms with Crippen LogP contribution in [-0.4, -0.2) is 85.7 Å². The highest BCUT2D eigenvalue weighted by Gasteiger charge is 2.33. The Hall–Kier alpha value is -4.58. The van der Waals surface area contributed by atoms with E-state index in [1.165, 1.54) is 0 Å². The lowest BCUT2D eigenvalue weighted by Gasteiger charge is -2.28. The van der Waals surface area contributed by atoms with E-state index in [1.54, 1.807) is 30.2 Å². The molecule has 4 amide bonds. The lowest BCUT2D eigenvalue weighted by Crippen LogP contribution is -2.41. The number of carbonyl (C=O) groups excluding carboxylic acids is 3. The summed E-state index contributed by atoms with van der Waals surface area (Å²) in [5.41, 5.74) is 3.20. The molecule has 1 unspecified atom stereocenters. The van der Waals surface area contributed by atoms with Gasteiger partial charge in [0.1, 0.15) is 17.1 Å². The molecule has 2 aromatic carbocycles. The molecule has 4 heterocycles. The van der Waals surface area contributed by atoms with Crippen molar-refractivity contribution < 1.29 is 33.5 Å². The maximum atomic E-state index is 11.8. The van der Waals surface area contributed by atoms with Crippen LogP contribution < -0.4 is 15.4 Å². The van der Waals surface area contributed by atoms with Crippen LogP contribution in [-0.2, 0) is 16.0 Å². The maximum absolute atomic E-state index is 11.8. The van der Waals surface area contributed by atoms with E-state index in [-0.39, 0.29) is 5.91 Å². The summed E-state index contributed by atoms with van der Waals surface area (Å²) in [5.74, 6) is 1.19. The molecule has 0 radical (unpaired) electrons. The highest BCUT2D eigenvalue weighted by atomic mass is 16.5. The fourth-order valence-electron chi connectivity index (χ4n) is 4.74. The molecule has 3 N–H and O–H groups in total.